The van der Waals surface area contributed by atoms with Gasteiger partial charge in [0, 0.05) is 43.1 Å². The van der Waals surface area contributed by atoms with Crippen molar-refractivity contribution in [3.05, 3.63) is 48.4 Å². The number of amides is 2. The first-order valence-electron chi connectivity index (χ1n) is 6.66. The number of aryl methyl sites for hydroxylation is 1. The smallest absolute Gasteiger partial charge is 0.326 e. The molecule has 3 aromatic rings. The Morgan fingerprint density at radius 1 is 1.29 bits per heavy atom. The Balaban J connectivity index is 1.88. The molecule has 0 saturated heterocycles. The lowest BCUT2D eigenvalue weighted by molar-refractivity contribution is 0.247. The van der Waals surface area contributed by atoms with E-state index in [1.54, 1.807) is 22.0 Å². The Bertz CT molecular complexity index is 854. The van der Waals surface area contributed by atoms with Crippen molar-refractivity contribution in [1.29, 1.82) is 0 Å². The van der Waals surface area contributed by atoms with Crippen molar-refractivity contribution in [3.8, 4) is 0 Å². The predicted molar refractivity (Wildman–Crippen MR) is 79.3 cm³/mol. The Kier molecular flexibility index (Phi) is 2.44. The third-order valence-electron chi connectivity index (χ3n) is 3.61. The molecule has 6 heteroatoms. The Morgan fingerprint density at radius 2 is 2.19 bits per heavy atom. The van der Waals surface area contributed by atoms with E-state index in [1.165, 1.54) is 0 Å². The molecule has 0 fully saturated rings. The molecule has 2 amide bonds. The molecule has 6 nitrogen and oxygen atoms in total. The highest BCUT2D eigenvalue weighted by atomic mass is 16.2. The van der Waals surface area contributed by atoms with Crippen LogP contribution in [0.25, 0.3) is 10.9 Å². The van der Waals surface area contributed by atoms with Gasteiger partial charge in [-0.2, -0.15) is 5.10 Å². The Hall–Kier alpha value is -2.89. The van der Waals surface area contributed by atoms with Crippen LogP contribution in [0, 0.1) is 0 Å². The lowest BCUT2D eigenvalue weighted by atomic mass is 10.1. The van der Waals surface area contributed by atoms with Gasteiger partial charge in [0.1, 0.15) is 0 Å². The first kappa shape index (κ1) is 11.9. The highest BCUT2D eigenvalue weighted by Gasteiger charge is 2.25. The Morgan fingerprint density at radius 3 is 3.10 bits per heavy atom. The van der Waals surface area contributed by atoms with Crippen molar-refractivity contribution >= 4 is 28.3 Å². The summed E-state index contributed by atoms with van der Waals surface area (Å²) in [6.45, 7) is 0.508. The SMILES string of the molecule is Cn1cc2cc(N3C(=O)NCc4cnccc43)ccc2n1. The van der Waals surface area contributed by atoms with Crippen LogP contribution in [0.5, 0.6) is 0 Å². The molecule has 104 valence electrons. The second-order valence-electron chi connectivity index (χ2n) is 5.04. The van der Waals surface area contributed by atoms with Crippen LogP contribution in [0.4, 0.5) is 16.2 Å². The molecule has 2 aromatic heterocycles. The molecule has 0 atom stereocenters. The van der Waals surface area contributed by atoms with Crippen molar-refractivity contribution in [1.82, 2.24) is 20.1 Å². The number of nitrogens with zero attached hydrogens (tertiary/aromatic N) is 4. The minimum absolute atomic E-state index is 0.128. The zero-order valence-corrected chi connectivity index (χ0v) is 11.4. The summed E-state index contributed by atoms with van der Waals surface area (Å²) in [6, 6.07) is 7.54. The molecule has 1 N–H and O–H groups in total. The number of carbonyl (C=O) groups is 1. The van der Waals surface area contributed by atoms with Crippen LogP contribution < -0.4 is 10.2 Å². The third-order valence-corrected chi connectivity index (χ3v) is 3.61. The minimum Gasteiger partial charge on any atom is -0.333 e. The van der Waals surface area contributed by atoms with Gasteiger partial charge in [0.15, 0.2) is 0 Å². The van der Waals surface area contributed by atoms with Crippen LogP contribution in [-0.2, 0) is 13.6 Å². The van der Waals surface area contributed by atoms with Gasteiger partial charge in [-0.3, -0.25) is 14.6 Å². The number of fused-ring (bicyclic) bond motifs is 2. The molecule has 4 rings (SSSR count). The van der Waals surface area contributed by atoms with E-state index in [1.807, 2.05) is 37.5 Å². The zero-order valence-electron chi connectivity index (χ0n) is 11.4. The van der Waals surface area contributed by atoms with Gasteiger partial charge < -0.3 is 5.32 Å². The van der Waals surface area contributed by atoms with Crippen molar-refractivity contribution in [2.75, 3.05) is 4.90 Å². The molecule has 21 heavy (non-hydrogen) atoms. The summed E-state index contributed by atoms with van der Waals surface area (Å²) in [5.74, 6) is 0. The van der Waals surface area contributed by atoms with Crippen LogP contribution >= 0.6 is 0 Å². The maximum Gasteiger partial charge on any atom is 0.326 e. The number of pyridine rings is 1. The van der Waals surface area contributed by atoms with E-state index in [0.29, 0.717) is 6.54 Å². The first-order chi connectivity index (χ1) is 10.2. The highest BCUT2D eigenvalue weighted by molar-refractivity contribution is 6.03. The quantitative estimate of drug-likeness (QED) is 0.743. The van der Waals surface area contributed by atoms with Crippen LogP contribution in [0.3, 0.4) is 0 Å². The molecule has 1 aliphatic heterocycles. The van der Waals surface area contributed by atoms with Gasteiger partial charge in [-0.05, 0) is 24.3 Å². The number of aromatic nitrogens is 3. The predicted octanol–water partition coefficient (Wildman–Crippen LogP) is 2.33. The zero-order chi connectivity index (χ0) is 14.4. The summed E-state index contributed by atoms with van der Waals surface area (Å²) in [4.78, 5) is 18.1. The lowest BCUT2D eigenvalue weighted by Gasteiger charge is -2.29. The van der Waals surface area contributed by atoms with Gasteiger partial charge >= 0.3 is 6.03 Å². The van der Waals surface area contributed by atoms with Crippen molar-refractivity contribution in [2.45, 2.75) is 6.54 Å². The van der Waals surface area contributed by atoms with Gasteiger partial charge in [-0.15, -0.1) is 0 Å². The van der Waals surface area contributed by atoms with Gasteiger partial charge in [-0.1, -0.05) is 0 Å². The second-order valence-corrected chi connectivity index (χ2v) is 5.04. The van der Waals surface area contributed by atoms with Crippen LogP contribution in [0.15, 0.2) is 42.9 Å². The molecule has 0 radical (unpaired) electrons. The number of rotatable bonds is 1. The summed E-state index contributed by atoms with van der Waals surface area (Å²) >= 11 is 0. The van der Waals surface area contributed by atoms with Crippen molar-refractivity contribution in [3.63, 3.8) is 0 Å². The molecule has 0 spiro atoms. The fourth-order valence-corrected chi connectivity index (χ4v) is 2.67. The summed E-state index contributed by atoms with van der Waals surface area (Å²) < 4.78 is 1.77. The summed E-state index contributed by atoms with van der Waals surface area (Å²) in [6.07, 6.45) is 5.42. The molecule has 1 aliphatic rings. The molecule has 0 unspecified atom stereocenters. The highest BCUT2D eigenvalue weighted by Crippen LogP contribution is 2.32. The fourth-order valence-electron chi connectivity index (χ4n) is 2.67. The average Bonchev–Trinajstić information content (AvgIpc) is 2.86. The van der Waals surface area contributed by atoms with E-state index in [2.05, 4.69) is 15.4 Å². The number of hydrogen-bond acceptors (Lipinski definition) is 3. The normalized spacial score (nSPS) is 14.1. The number of hydrogen-bond donors (Lipinski definition) is 1. The van der Waals surface area contributed by atoms with E-state index < -0.39 is 0 Å². The van der Waals surface area contributed by atoms with Crippen LogP contribution in [0.2, 0.25) is 0 Å². The maximum absolute atomic E-state index is 12.3. The van der Waals surface area contributed by atoms with E-state index >= 15 is 0 Å². The lowest BCUT2D eigenvalue weighted by Crippen LogP contribution is -2.41. The van der Waals surface area contributed by atoms with E-state index in [0.717, 1.165) is 27.8 Å². The Labute approximate surface area is 121 Å². The van der Waals surface area contributed by atoms with Crippen LogP contribution in [0.1, 0.15) is 5.56 Å². The van der Waals surface area contributed by atoms with E-state index in [9.17, 15) is 4.79 Å². The standard InChI is InChI=1S/C15H13N5O/c1-19-9-10-6-12(2-3-13(10)18-19)20-14-4-5-16-7-11(14)8-17-15(20)21/h2-7,9H,8H2,1H3,(H,17,21). The fraction of sp³-hybridized carbons (Fsp3) is 0.133. The molecule has 0 bridgehead atoms. The van der Waals surface area contributed by atoms with Crippen molar-refractivity contribution < 1.29 is 4.79 Å². The summed E-state index contributed by atoms with van der Waals surface area (Å²) in [5, 5.41) is 8.22. The number of urea groups is 1. The second kappa shape index (κ2) is 4.31. The van der Waals surface area contributed by atoms with Gasteiger partial charge in [0.05, 0.1) is 16.9 Å². The van der Waals surface area contributed by atoms with E-state index in [4.69, 9.17) is 0 Å². The number of nitrogens with one attached hydrogen (secondary N) is 1. The number of anilines is 2. The molecule has 1 aromatic carbocycles. The van der Waals surface area contributed by atoms with Crippen LogP contribution in [-0.4, -0.2) is 20.8 Å². The third kappa shape index (κ3) is 1.84. The van der Waals surface area contributed by atoms with E-state index in [-0.39, 0.29) is 6.03 Å². The summed E-state index contributed by atoms with van der Waals surface area (Å²) in [5.41, 5.74) is 3.61. The van der Waals surface area contributed by atoms with Gasteiger partial charge in [0.25, 0.3) is 0 Å². The monoisotopic (exact) mass is 279 g/mol. The molecule has 0 saturated carbocycles. The van der Waals surface area contributed by atoms with Gasteiger partial charge in [-0.25, -0.2) is 4.79 Å². The average molecular weight is 279 g/mol. The molecular weight excluding hydrogens is 266 g/mol. The molecular formula is C15H13N5O. The van der Waals surface area contributed by atoms with Gasteiger partial charge in [0.2, 0.25) is 0 Å². The maximum atomic E-state index is 12.3. The molecule has 3 heterocycles. The number of carbonyl (C=O) groups excluding carboxylic acids is 1. The largest absolute Gasteiger partial charge is 0.333 e. The first-order valence-corrected chi connectivity index (χ1v) is 6.66. The molecule has 0 aliphatic carbocycles. The minimum atomic E-state index is -0.128. The van der Waals surface area contributed by atoms with Crippen molar-refractivity contribution in [2.24, 2.45) is 7.05 Å². The topological polar surface area (TPSA) is 63.1 Å². The summed E-state index contributed by atoms with van der Waals surface area (Å²) in [7, 11) is 1.88. The number of benzene rings is 1.